The minimum Gasteiger partial charge on any atom is -0.351 e. The van der Waals surface area contributed by atoms with Gasteiger partial charge in [0.05, 0.1) is 5.25 Å². The van der Waals surface area contributed by atoms with Crippen molar-refractivity contribution in [2.24, 2.45) is 11.7 Å². The lowest BCUT2D eigenvalue weighted by atomic mass is 10.1. The number of carbonyl (C=O) groups excluding carboxylic acids is 2. The molecular weight excluding hydrogens is 302 g/mol. The summed E-state index contributed by atoms with van der Waals surface area (Å²) in [5.41, 5.74) is 5.05. The number of carbonyl (C=O) groups is 2. The molecule has 0 saturated heterocycles. The first kappa shape index (κ1) is 15.3. The average molecular weight is 323 g/mol. The second kappa shape index (κ2) is 5.91. The number of hydrogen-bond acceptors (Lipinski definition) is 5. The summed E-state index contributed by atoms with van der Waals surface area (Å²) in [6, 6.07) is -0.348. The van der Waals surface area contributed by atoms with Crippen LogP contribution in [-0.4, -0.2) is 32.0 Å². The summed E-state index contributed by atoms with van der Waals surface area (Å²) in [7, 11) is 0. The Morgan fingerprint density at radius 3 is 2.45 bits per heavy atom. The highest BCUT2D eigenvalue weighted by molar-refractivity contribution is 8.00. The van der Waals surface area contributed by atoms with Crippen LogP contribution in [0.3, 0.4) is 0 Å². The van der Waals surface area contributed by atoms with Crippen LogP contribution in [0.2, 0.25) is 0 Å². The van der Waals surface area contributed by atoms with Gasteiger partial charge in [0.1, 0.15) is 5.82 Å². The molecule has 0 spiro atoms. The summed E-state index contributed by atoms with van der Waals surface area (Å²) in [6.07, 6.45) is 4.63. The van der Waals surface area contributed by atoms with E-state index < -0.39 is 11.3 Å². The maximum absolute atomic E-state index is 12.2. The molecule has 22 heavy (non-hydrogen) atoms. The second-order valence-corrected chi connectivity index (χ2v) is 7.46. The minimum absolute atomic E-state index is 0.0538. The fourth-order valence-electron chi connectivity index (χ4n) is 2.46. The van der Waals surface area contributed by atoms with E-state index in [0.29, 0.717) is 12.0 Å². The third kappa shape index (κ3) is 3.26. The van der Waals surface area contributed by atoms with Crippen molar-refractivity contribution >= 4 is 23.7 Å². The molecule has 2 aliphatic rings. The summed E-state index contributed by atoms with van der Waals surface area (Å²) >= 11 is 1.38. The molecule has 3 rings (SSSR count). The lowest BCUT2D eigenvalue weighted by molar-refractivity contribution is -0.120. The van der Waals surface area contributed by atoms with Crippen LogP contribution in [0.25, 0.3) is 0 Å². The Labute approximate surface area is 133 Å². The van der Waals surface area contributed by atoms with Gasteiger partial charge in [-0.05, 0) is 31.6 Å². The molecule has 2 fully saturated rings. The molecule has 3 N–H and O–H groups in total. The van der Waals surface area contributed by atoms with E-state index in [2.05, 4.69) is 20.1 Å². The molecule has 0 radical (unpaired) electrons. The van der Waals surface area contributed by atoms with E-state index in [1.807, 2.05) is 13.8 Å². The van der Waals surface area contributed by atoms with Crippen LogP contribution in [-0.2, 0) is 4.79 Å². The van der Waals surface area contributed by atoms with Crippen molar-refractivity contribution < 1.29 is 9.59 Å². The Hall–Kier alpha value is -1.57. The van der Waals surface area contributed by atoms with E-state index in [1.165, 1.54) is 24.6 Å². The molecule has 1 aromatic rings. The summed E-state index contributed by atoms with van der Waals surface area (Å²) in [4.78, 5) is 23.1. The molecular formula is C14H21N5O2S. The lowest BCUT2D eigenvalue weighted by Crippen LogP contribution is -2.42. The van der Waals surface area contributed by atoms with Crippen LogP contribution >= 0.6 is 11.8 Å². The normalized spacial score (nSPS) is 19.2. The van der Waals surface area contributed by atoms with Crippen molar-refractivity contribution in [2.75, 3.05) is 0 Å². The quantitative estimate of drug-likeness (QED) is 0.777. The molecule has 7 nitrogen and oxygen atoms in total. The minimum atomic E-state index is -0.821. The van der Waals surface area contributed by atoms with E-state index in [-0.39, 0.29) is 11.8 Å². The maximum Gasteiger partial charge on any atom is 0.318 e. The first-order chi connectivity index (χ1) is 10.5. The largest absolute Gasteiger partial charge is 0.351 e. The molecule has 0 aromatic carbocycles. The number of aromatic nitrogens is 3. The molecule has 0 unspecified atom stereocenters. The number of rotatable bonds is 6. The van der Waals surface area contributed by atoms with Gasteiger partial charge in [0.2, 0.25) is 5.91 Å². The third-order valence-electron chi connectivity index (χ3n) is 3.89. The first-order valence-electron chi connectivity index (χ1n) is 7.69. The fourth-order valence-corrected chi connectivity index (χ4v) is 3.57. The lowest BCUT2D eigenvalue weighted by Gasteiger charge is -2.19. The first-order valence-corrected chi connectivity index (χ1v) is 8.57. The van der Waals surface area contributed by atoms with Crippen molar-refractivity contribution in [2.45, 2.75) is 61.9 Å². The van der Waals surface area contributed by atoms with Gasteiger partial charge in [0, 0.05) is 12.0 Å². The van der Waals surface area contributed by atoms with Crippen molar-refractivity contribution in [1.29, 1.82) is 0 Å². The number of nitrogens with two attached hydrogens (primary N) is 1. The Bertz CT molecular complexity index is 592. The molecule has 1 aromatic heterocycles. The van der Waals surface area contributed by atoms with E-state index >= 15 is 0 Å². The number of urea groups is 1. The summed E-state index contributed by atoms with van der Waals surface area (Å²) < 4.78 is 2.20. The van der Waals surface area contributed by atoms with Gasteiger partial charge in [-0.1, -0.05) is 25.6 Å². The molecule has 1 heterocycles. The Balaban J connectivity index is 1.80. The van der Waals surface area contributed by atoms with Crippen LogP contribution in [0, 0.1) is 5.92 Å². The van der Waals surface area contributed by atoms with Gasteiger partial charge in [0.25, 0.3) is 0 Å². The number of amides is 3. The molecule has 3 amide bonds. The van der Waals surface area contributed by atoms with Gasteiger partial charge >= 0.3 is 6.03 Å². The number of nitrogens with zero attached hydrogens (tertiary/aromatic N) is 3. The summed E-state index contributed by atoms with van der Waals surface area (Å²) in [6.45, 7) is 3.88. The maximum atomic E-state index is 12.2. The monoisotopic (exact) mass is 323 g/mol. The van der Waals surface area contributed by atoms with Gasteiger partial charge in [-0.25, -0.2) is 4.79 Å². The van der Waals surface area contributed by atoms with Crippen molar-refractivity contribution in [3.8, 4) is 0 Å². The van der Waals surface area contributed by atoms with E-state index in [9.17, 15) is 9.59 Å². The van der Waals surface area contributed by atoms with Crippen molar-refractivity contribution in [3.63, 3.8) is 0 Å². The molecule has 120 valence electrons. The fraction of sp³-hybridized carbons (Fsp3) is 0.714. The summed E-state index contributed by atoms with van der Waals surface area (Å²) in [5.74, 6) is 1.27. The predicted molar refractivity (Wildman–Crippen MR) is 82.5 cm³/mol. The summed E-state index contributed by atoms with van der Waals surface area (Å²) in [5, 5.41) is 11.2. The number of hydrogen-bond donors (Lipinski definition) is 2. The Morgan fingerprint density at radius 1 is 1.27 bits per heavy atom. The zero-order chi connectivity index (χ0) is 15.9. The smallest absolute Gasteiger partial charge is 0.318 e. The van der Waals surface area contributed by atoms with Crippen LogP contribution in [0.5, 0.6) is 0 Å². The molecule has 1 atom stereocenters. The number of imide groups is 1. The zero-order valence-corrected chi connectivity index (χ0v) is 13.6. The topological polar surface area (TPSA) is 103 Å². The van der Waals surface area contributed by atoms with Crippen molar-refractivity contribution in [1.82, 2.24) is 20.1 Å². The zero-order valence-electron chi connectivity index (χ0n) is 12.8. The standard InChI is InChI=1S/C14H21N5O2S/c1-7(2)10(12(20)16-13(15)21)22-14-18-17-11(8-3-4-8)19(14)9-5-6-9/h7-10H,3-6H2,1-2H3,(H3,15,16,20,21)/t10-/m0/s1. The molecule has 0 bridgehead atoms. The van der Waals surface area contributed by atoms with Gasteiger partial charge < -0.3 is 10.3 Å². The van der Waals surface area contributed by atoms with Gasteiger partial charge in [-0.3, -0.25) is 10.1 Å². The van der Waals surface area contributed by atoms with E-state index in [1.54, 1.807) is 0 Å². The molecule has 2 saturated carbocycles. The molecule has 0 aliphatic heterocycles. The van der Waals surface area contributed by atoms with Crippen LogP contribution in [0.1, 0.15) is 57.3 Å². The molecule has 8 heteroatoms. The SMILES string of the molecule is CC(C)[C@H](Sc1nnc(C2CC2)n1C1CC1)C(=O)NC(N)=O. The van der Waals surface area contributed by atoms with Gasteiger partial charge in [-0.2, -0.15) is 0 Å². The predicted octanol–water partition coefficient (Wildman–Crippen LogP) is 1.80. The van der Waals surface area contributed by atoms with Gasteiger partial charge in [0.15, 0.2) is 5.16 Å². The Morgan fingerprint density at radius 2 is 1.95 bits per heavy atom. The highest BCUT2D eigenvalue weighted by Crippen LogP contribution is 2.46. The third-order valence-corrected chi connectivity index (χ3v) is 5.39. The van der Waals surface area contributed by atoms with Crippen LogP contribution in [0.15, 0.2) is 5.16 Å². The van der Waals surface area contributed by atoms with Crippen LogP contribution < -0.4 is 11.1 Å². The molecule has 2 aliphatic carbocycles. The average Bonchev–Trinajstić information content (AvgIpc) is 3.33. The van der Waals surface area contributed by atoms with Gasteiger partial charge in [-0.15, -0.1) is 10.2 Å². The highest BCUT2D eigenvalue weighted by Gasteiger charge is 2.37. The van der Waals surface area contributed by atoms with E-state index in [0.717, 1.165) is 23.8 Å². The second-order valence-electron chi connectivity index (χ2n) is 6.35. The highest BCUT2D eigenvalue weighted by atomic mass is 32.2. The van der Waals surface area contributed by atoms with Crippen molar-refractivity contribution in [3.05, 3.63) is 5.82 Å². The number of thioether (sulfide) groups is 1. The van der Waals surface area contributed by atoms with E-state index in [4.69, 9.17) is 5.73 Å². The van der Waals surface area contributed by atoms with Crippen LogP contribution in [0.4, 0.5) is 4.79 Å². The number of primary amides is 1. The number of nitrogens with one attached hydrogen (secondary N) is 1. The Kier molecular flexibility index (Phi) is 4.12.